The van der Waals surface area contributed by atoms with Gasteiger partial charge in [-0.25, -0.2) is 0 Å². The van der Waals surface area contributed by atoms with E-state index in [1.165, 1.54) is 0 Å². The minimum Gasteiger partial charge on any atom is -0.290 e. The molecule has 0 aliphatic heterocycles. The van der Waals surface area contributed by atoms with Gasteiger partial charge in [0.2, 0.25) is 0 Å². The molecule has 0 fully saturated rings. The van der Waals surface area contributed by atoms with Crippen LogP contribution >= 0.6 is 0 Å². The summed E-state index contributed by atoms with van der Waals surface area (Å²) in [6.07, 6.45) is 5.03. The van der Waals surface area contributed by atoms with Gasteiger partial charge in [0, 0.05) is 11.6 Å². The van der Waals surface area contributed by atoms with Crippen molar-refractivity contribution in [3.05, 3.63) is 24.8 Å². The lowest BCUT2D eigenvalue weighted by atomic mass is 9.70. The Morgan fingerprint density at radius 3 is 2.19 bits per heavy atom. The Morgan fingerprint density at radius 2 is 1.81 bits per heavy atom. The van der Waals surface area contributed by atoms with Crippen molar-refractivity contribution in [1.29, 1.82) is 0 Å². The lowest BCUT2D eigenvalue weighted by molar-refractivity contribution is 0.262. The second-order valence-electron chi connectivity index (χ2n) is 5.58. The second kappa shape index (κ2) is 5.47. The van der Waals surface area contributed by atoms with Crippen LogP contribution in [0.5, 0.6) is 0 Å². The molecule has 0 aromatic rings. The van der Waals surface area contributed by atoms with Crippen LogP contribution in [0.15, 0.2) is 29.8 Å². The summed E-state index contributed by atoms with van der Waals surface area (Å²) in [7, 11) is 0. The van der Waals surface area contributed by atoms with Crippen LogP contribution in [-0.4, -0.2) is 11.8 Å². The van der Waals surface area contributed by atoms with Crippen molar-refractivity contribution in [3.8, 4) is 0 Å². The molecule has 92 valence electrons. The van der Waals surface area contributed by atoms with Crippen LogP contribution in [0.3, 0.4) is 0 Å². The highest BCUT2D eigenvalue weighted by atomic mass is 14.9. The predicted molar refractivity (Wildman–Crippen MR) is 75.1 cm³/mol. The molecule has 1 unspecified atom stereocenters. The largest absolute Gasteiger partial charge is 0.290 e. The third-order valence-corrected chi connectivity index (χ3v) is 3.87. The van der Waals surface area contributed by atoms with Crippen LogP contribution in [0, 0.1) is 11.3 Å². The molecule has 1 atom stereocenters. The molecule has 0 aliphatic carbocycles. The molecular weight excluding hydrogens is 194 g/mol. The molecule has 1 heteroatoms. The molecule has 0 spiro atoms. The average Bonchev–Trinajstić information content (AvgIpc) is 2.24. The molecular formula is C15H27N. The third kappa shape index (κ3) is 3.33. The maximum atomic E-state index is 4.73. The van der Waals surface area contributed by atoms with Crippen LogP contribution in [0.25, 0.3) is 0 Å². The van der Waals surface area contributed by atoms with Crippen LogP contribution < -0.4 is 0 Å². The second-order valence-corrected chi connectivity index (χ2v) is 5.58. The fraction of sp³-hybridized carbons (Fsp3) is 0.667. The Balaban J connectivity index is 4.97. The van der Waals surface area contributed by atoms with Gasteiger partial charge in [-0.2, -0.15) is 0 Å². The molecule has 0 saturated carbocycles. The molecule has 0 aliphatic rings. The molecule has 16 heavy (non-hydrogen) atoms. The summed E-state index contributed by atoms with van der Waals surface area (Å²) in [5.41, 5.74) is 0.819. The lowest BCUT2D eigenvalue weighted by Crippen LogP contribution is -2.38. The topological polar surface area (TPSA) is 12.4 Å². The van der Waals surface area contributed by atoms with Gasteiger partial charge < -0.3 is 0 Å². The van der Waals surface area contributed by atoms with Gasteiger partial charge in [-0.1, -0.05) is 46.9 Å². The highest BCUT2D eigenvalue weighted by Crippen LogP contribution is 2.40. The van der Waals surface area contributed by atoms with Gasteiger partial charge >= 0.3 is 0 Å². The van der Waals surface area contributed by atoms with E-state index in [9.17, 15) is 0 Å². The zero-order valence-corrected chi connectivity index (χ0v) is 11.8. The lowest BCUT2D eigenvalue weighted by Gasteiger charge is -2.39. The van der Waals surface area contributed by atoms with Gasteiger partial charge in [-0.3, -0.25) is 4.99 Å². The highest BCUT2D eigenvalue weighted by Gasteiger charge is 2.37. The first kappa shape index (κ1) is 15.2. The Morgan fingerprint density at radius 1 is 1.31 bits per heavy atom. The van der Waals surface area contributed by atoms with E-state index in [2.05, 4.69) is 60.9 Å². The zero-order valence-electron chi connectivity index (χ0n) is 11.8. The summed E-state index contributed by atoms with van der Waals surface area (Å²) in [6.45, 7) is 20.9. The number of rotatable bonds is 6. The quantitative estimate of drug-likeness (QED) is 0.457. The number of nitrogens with zero attached hydrogens (tertiary/aromatic N) is 1. The van der Waals surface area contributed by atoms with Crippen molar-refractivity contribution in [2.45, 2.75) is 53.5 Å². The van der Waals surface area contributed by atoms with Crippen LogP contribution in [0.1, 0.15) is 48.0 Å². The Labute approximate surface area is 101 Å². The molecule has 0 bridgehead atoms. The van der Waals surface area contributed by atoms with Crippen molar-refractivity contribution in [1.82, 2.24) is 0 Å². The van der Waals surface area contributed by atoms with Crippen LogP contribution in [0.2, 0.25) is 0 Å². The molecule has 0 aromatic carbocycles. The highest BCUT2D eigenvalue weighted by molar-refractivity contribution is 5.61. The number of allylic oxidation sites excluding steroid dienone is 1. The van der Waals surface area contributed by atoms with E-state index in [0.29, 0.717) is 5.92 Å². The Kier molecular flexibility index (Phi) is 5.18. The number of hydrogen-bond acceptors (Lipinski definition) is 1. The fourth-order valence-electron chi connectivity index (χ4n) is 1.23. The van der Waals surface area contributed by atoms with E-state index in [-0.39, 0.29) is 11.0 Å². The summed E-state index contributed by atoms with van der Waals surface area (Å²) < 4.78 is 0. The SMILES string of the molecule is C=CC(=C)C(C)(C)C(C)(C)N=CC(C)CC. The van der Waals surface area contributed by atoms with Crippen molar-refractivity contribution in [2.24, 2.45) is 16.3 Å². The minimum atomic E-state index is -0.151. The van der Waals surface area contributed by atoms with E-state index in [4.69, 9.17) is 4.99 Å². The first-order valence-electron chi connectivity index (χ1n) is 6.06. The first-order chi connectivity index (χ1) is 7.19. The minimum absolute atomic E-state index is 0.0707. The maximum absolute atomic E-state index is 4.73. The van der Waals surface area contributed by atoms with Crippen LogP contribution in [0.4, 0.5) is 0 Å². The standard InChI is InChI=1S/C15H27N/c1-9-12(3)11-16-15(7,8)14(5,6)13(4)10-2/h10-12H,2,4,9H2,1,3,5-8H3. The van der Waals surface area contributed by atoms with Crippen molar-refractivity contribution in [3.63, 3.8) is 0 Å². The van der Waals surface area contributed by atoms with E-state index in [0.717, 1.165) is 12.0 Å². The zero-order chi connectivity index (χ0) is 13.0. The summed E-state index contributed by atoms with van der Waals surface area (Å²) in [5, 5.41) is 0. The summed E-state index contributed by atoms with van der Waals surface area (Å²) in [6, 6.07) is 0. The monoisotopic (exact) mass is 221 g/mol. The van der Waals surface area contributed by atoms with Gasteiger partial charge in [-0.15, -0.1) is 0 Å². The van der Waals surface area contributed by atoms with Gasteiger partial charge in [-0.05, 0) is 31.8 Å². The fourth-order valence-corrected chi connectivity index (χ4v) is 1.23. The van der Waals surface area contributed by atoms with E-state index < -0.39 is 0 Å². The van der Waals surface area contributed by atoms with Crippen molar-refractivity contribution in [2.75, 3.05) is 0 Å². The molecule has 0 saturated heterocycles. The third-order valence-electron chi connectivity index (χ3n) is 3.87. The maximum Gasteiger partial charge on any atom is 0.0638 e. The molecule has 1 nitrogen and oxygen atoms in total. The Bertz CT molecular complexity index is 282. The average molecular weight is 221 g/mol. The molecule has 0 N–H and O–H groups in total. The number of aliphatic imine (C=N–C) groups is 1. The Hall–Kier alpha value is -0.850. The summed E-state index contributed by atoms with van der Waals surface area (Å²) in [4.78, 5) is 4.73. The van der Waals surface area contributed by atoms with E-state index >= 15 is 0 Å². The van der Waals surface area contributed by atoms with Gasteiger partial charge in [0.15, 0.2) is 0 Å². The molecule has 0 radical (unpaired) electrons. The first-order valence-corrected chi connectivity index (χ1v) is 6.06. The molecule has 0 rings (SSSR count). The smallest absolute Gasteiger partial charge is 0.0638 e. The molecule has 0 heterocycles. The van der Waals surface area contributed by atoms with Crippen molar-refractivity contribution >= 4 is 6.21 Å². The predicted octanol–water partition coefficient (Wildman–Crippen LogP) is 4.65. The molecule has 0 aromatic heterocycles. The van der Waals surface area contributed by atoms with Gasteiger partial charge in [0.1, 0.15) is 0 Å². The molecule has 0 amide bonds. The summed E-state index contributed by atoms with van der Waals surface area (Å²) in [5.74, 6) is 0.534. The summed E-state index contributed by atoms with van der Waals surface area (Å²) >= 11 is 0. The van der Waals surface area contributed by atoms with E-state index in [1.807, 2.05) is 6.08 Å². The van der Waals surface area contributed by atoms with Crippen LogP contribution in [-0.2, 0) is 0 Å². The number of hydrogen-bond donors (Lipinski definition) is 0. The van der Waals surface area contributed by atoms with Gasteiger partial charge in [0.25, 0.3) is 0 Å². The van der Waals surface area contributed by atoms with E-state index in [1.54, 1.807) is 0 Å². The van der Waals surface area contributed by atoms with Crippen molar-refractivity contribution < 1.29 is 0 Å². The normalized spacial score (nSPS) is 15.1. The van der Waals surface area contributed by atoms with Gasteiger partial charge in [0.05, 0.1) is 5.54 Å².